The Morgan fingerprint density at radius 2 is 2.10 bits per heavy atom. The molecule has 1 aromatic carbocycles. The summed E-state index contributed by atoms with van der Waals surface area (Å²) in [4.78, 5) is 9.90. The van der Waals surface area contributed by atoms with Gasteiger partial charge in [0, 0.05) is 36.2 Å². The topological polar surface area (TPSA) is 44.0 Å². The van der Waals surface area contributed by atoms with Gasteiger partial charge >= 0.3 is 0 Å². The molecule has 0 amide bonds. The fourth-order valence-electron chi connectivity index (χ4n) is 2.36. The van der Waals surface area contributed by atoms with Gasteiger partial charge in [-0.2, -0.15) is 0 Å². The molecule has 0 atom stereocenters. The summed E-state index contributed by atoms with van der Waals surface area (Å²) in [5, 5.41) is 3.32. The molecular formula is C14H16BrFN4. The highest BCUT2D eigenvalue weighted by Crippen LogP contribution is 2.25. The van der Waals surface area contributed by atoms with Gasteiger partial charge in [-0.1, -0.05) is 15.9 Å². The highest BCUT2D eigenvalue weighted by Gasteiger charge is 2.13. The molecule has 1 aliphatic heterocycles. The molecule has 106 valence electrons. The number of aromatic nitrogens is 2. The number of halogens is 2. The van der Waals surface area contributed by atoms with Gasteiger partial charge in [-0.3, -0.25) is 4.90 Å². The zero-order valence-corrected chi connectivity index (χ0v) is 12.6. The Morgan fingerprint density at radius 3 is 2.90 bits per heavy atom. The van der Waals surface area contributed by atoms with Crippen LogP contribution in [0.3, 0.4) is 0 Å². The molecule has 0 spiro atoms. The number of nitrogens with one attached hydrogen (secondary N) is 2. The molecule has 2 N–H and O–H groups in total. The zero-order chi connectivity index (χ0) is 13.9. The lowest BCUT2D eigenvalue weighted by Gasteiger charge is -2.26. The summed E-state index contributed by atoms with van der Waals surface area (Å²) in [5.74, 6) is 0.631. The van der Waals surface area contributed by atoms with Gasteiger partial charge in [-0.05, 0) is 18.2 Å². The van der Waals surface area contributed by atoms with Gasteiger partial charge in [-0.25, -0.2) is 9.37 Å². The van der Waals surface area contributed by atoms with Crippen molar-refractivity contribution in [3.05, 3.63) is 40.5 Å². The molecule has 1 aromatic heterocycles. The van der Waals surface area contributed by atoms with E-state index in [1.807, 2.05) is 0 Å². The van der Waals surface area contributed by atoms with Crippen LogP contribution in [0.15, 0.2) is 28.9 Å². The van der Waals surface area contributed by atoms with Crippen LogP contribution in [0.2, 0.25) is 0 Å². The maximum absolute atomic E-state index is 13.8. The van der Waals surface area contributed by atoms with E-state index in [4.69, 9.17) is 0 Å². The van der Waals surface area contributed by atoms with Gasteiger partial charge in [-0.15, -0.1) is 0 Å². The molecule has 1 saturated heterocycles. The molecule has 2 heterocycles. The van der Waals surface area contributed by atoms with Crippen molar-refractivity contribution in [3.8, 4) is 11.3 Å². The van der Waals surface area contributed by atoms with Crippen molar-refractivity contribution in [2.24, 2.45) is 0 Å². The molecule has 0 saturated carbocycles. The molecule has 0 aliphatic carbocycles. The van der Waals surface area contributed by atoms with Crippen molar-refractivity contribution in [1.29, 1.82) is 0 Å². The zero-order valence-electron chi connectivity index (χ0n) is 11.0. The Labute approximate surface area is 125 Å². The minimum absolute atomic E-state index is 0.245. The van der Waals surface area contributed by atoms with Crippen LogP contribution in [0.4, 0.5) is 4.39 Å². The van der Waals surface area contributed by atoms with Crippen LogP contribution in [0.25, 0.3) is 11.3 Å². The maximum Gasteiger partial charge on any atom is 0.132 e. The Hall–Kier alpha value is -1.24. The van der Waals surface area contributed by atoms with E-state index >= 15 is 0 Å². The lowest BCUT2D eigenvalue weighted by molar-refractivity contribution is 0.228. The number of imidazole rings is 1. The third-order valence-electron chi connectivity index (χ3n) is 3.43. The van der Waals surface area contributed by atoms with Crippen LogP contribution in [0.1, 0.15) is 5.82 Å². The quantitative estimate of drug-likeness (QED) is 0.903. The van der Waals surface area contributed by atoms with Gasteiger partial charge in [0.2, 0.25) is 0 Å². The van der Waals surface area contributed by atoms with Crippen molar-refractivity contribution >= 4 is 15.9 Å². The highest BCUT2D eigenvalue weighted by molar-refractivity contribution is 9.10. The van der Waals surface area contributed by atoms with Gasteiger partial charge in [0.25, 0.3) is 0 Å². The van der Waals surface area contributed by atoms with Crippen LogP contribution < -0.4 is 5.32 Å². The van der Waals surface area contributed by atoms with Crippen LogP contribution in [0.5, 0.6) is 0 Å². The molecule has 4 nitrogen and oxygen atoms in total. The Balaban J connectivity index is 1.77. The molecule has 2 aromatic rings. The van der Waals surface area contributed by atoms with E-state index < -0.39 is 0 Å². The average Bonchev–Trinajstić information content (AvgIpc) is 2.91. The molecule has 1 aliphatic rings. The molecule has 20 heavy (non-hydrogen) atoms. The fourth-order valence-corrected chi connectivity index (χ4v) is 2.73. The van der Waals surface area contributed by atoms with Gasteiger partial charge in [0.05, 0.1) is 18.4 Å². The fraction of sp³-hybridized carbons (Fsp3) is 0.357. The van der Waals surface area contributed by atoms with E-state index in [9.17, 15) is 4.39 Å². The first-order chi connectivity index (χ1) is 9.72. The van der Waals surface area contributed by atoms with Gasteiger partial charge < -0.3 is 10.3 Å². The van der Waals surface area contributed by atoms with E-state index in [0.717, 1.165) is 43.0 Å². The van der Waals surface area contributed by atoms with Gasteiger partial charge in [0.1, 0.15) is 11.6 Å². The number of aromatic amines is 1. The first-order valence-corrected chi connectivity index (χ1v) is 7.44. The normalized spacial score (nSPS) is 16.5. The number of piperazine rings is 1. The van der Waals surface area contributed by atoms with E-state index in [1.54, 1.807) is 18.3 Å². The van der Waals surface area contributed by atoms with E-state index in [1.165, 1.54) is 6.07 Å². The summed E-state index contributed by atoms with van der Waals surface area (Å²) in [6.45, 7) is 4.82. The average molecular weight is 339 g/mol. The predicted molar refractivity (Wildman–Crippen MR) is 79.8 cm³/mol. The number of hydrogen-bond donors (Lipinski definition) is 2. The summed E-state index contributed by atoms with van der Waals surface area (Å²) in [5.41, 5.74) is 1.26. The largest absolute Gasteiger partial charge is 0.341 e. The minimum atomic E-state index is -0.245. The predicted octanol–water partition coefficient (Wildman–Crippen LogP) is 2.38. The summed E-state index contributed by atoms with van der Waals surface area (Å²) >= 11 is 3.36. The first kappa shape index (κ1) is 13.7. The lowest BCUT2D eigenvalue weighted by atomic mass is 10.1. The SMILES string of the molecule is Fc1ccc(Br)cc1-c1cnc(CN2CCNCC2)[nH]1. The second-order valence-corrected chi connectivity index (χ2v) is 5.81. The third kappa shape index (κ3) is 3.08. The monoisotopic (exact) mass is 338 g/mol. The third-order valence-corrected chi connectivity index (χ3v) is 3.92. The molecule has 1 fully saturated rings. The maximum atomic E-state index is 13.8. The number of nitrogens with zero attached hydrogens (tertiary/aromatic N) is 2. The first-order valence-electron chi connectivity index (χ1n) is 6.65. The molecule has 0 bridgehead atoms. The Morgan fingerprint density at radius 1 is 1.30 bits per heavy atom. The summed E-state index contributed by atoms with van der Waals surface area (Å²) in [6, 6.07) is 4.91. The van der Waals surface area contributed by atoms with Crippen molar-refractivity contribution in [3.63, 3.8) is 0 Å². The Bertz CT molecular complexity index is 593. The summed E-state index contributed by atoms with van der Waals surface area (Å²) in [6.07, 6.45) is 1.70. The van der Waals surface area contributed by atoms with Crippen LogP contribution in [-0.2, 0) is 6.54 Å². The Kier molecular flexibility index (Phi) is 4.14. The van der Waals surface area contributed by atoms with Crippen LogP contribution in [-0.4, -0.2) is 41.0 Å². The molecule has 6 heteroatoms. The van der Waals surface area contributed by atoms with E-state index in [2.05, 4.69) is 36.1 Å². The van der Waals surface area contributed by atoms with E-state index in [0.29, 0.717) is 11.3 Å². The van der Waals surface area contributed by atoms with Crippen molar-refractivity contribution in [2.75, 3.05) is 26.2 Å². The van der Waals surface area contributed by atoms with Crippen LogP contribution in [0, 0.1) is 5.82 Å². The number of rotatable bonds is 3. The molecule has 3 rings (SSSR count). The molecule has 0 radical (unpaired) electrons. The van der Waals surface area contributed by atoms with Crippen molar-refractivity contribution in [2.45, 2.75) is 6.54 Å². The molecule has 0 unspecified atom stereocenters. The second-order valence-electron chi connectivity index (χ2n) is 4.89. The number of H-pyrrole nitrogens is 1. The highest BCUT2D eigenvalue weighted by atomic mass is 79.9. The number of hydrogen-bond acceptors (Lipinski definition) is 3. The summed E-state index contributed by atoms with van der Waals surface area (Å²) in [7, 11) is 0. The molecular weight excluding hydrogens is 323 g/mol. The summed E-state index contributed by atoms with van der Waals surface area (Å²) < 4.78 is 14.7. The smallest absolute Gasteiger partial charge is 0.132 e. The van der Waals surface area contributed by atoms with Gasteiger partial charge in [0.15, 0.2) is 0 Å². The number of benzene rings is 1. The second kappa shape index (κ2) is 6.03. The minimum Gasteiger partial charge on any atom is -0.341 e. The standard InChI is InChI=1S/C14H16BrFN4/c15-10-1-2-12(16)11(7-10)13-8-18-14(19-13)9-20-5-3-17-4-6-20/h1-2,7-8,17H,3-6,9H2,(H,18,19). The van der Waals surface area contributed by atoms with Crippen LogP contribution >= 0.6 is 15.9 Å². The van der Waals surface area contributed by atoms with E-state index in [-0.39, 0.29) is 5.82 Å². The van der Waals surface area contributed by atoms with Crippen molar-refractivity contribution in [1.82, 2.24) is 20.2 Å². The lowest BCUT2D eigenvalue weighted by Crippen LogP contribution is -2.43. The van der Waals surface area contributed by atoms with Crippen molar-refractivity contribution < 1.29 is 4.39 Å².